The fourth-order valence-electron chi connectivity index (χ4n) is 1.56. The summed E-state index contributed by atoms with van der Waals surface area (Å²) in [6, 6.07) is 0. The van der Waals surface area contributed by atoms with Crippen LogP contribution in [0.1, 0.15) is 26.3 Å². The van der Waals surface area contributed by atoms with Crippen LogP contribution in [0.4, 0.5) is 4.79 Å². The van der Waals surface area contributed by atoms with Gasteiger partial charge in [-0.3, -0.25) is 0 Å². The van der Waals surface area contributed by atoms with Crippen molar-refractivity contribution in [1.29, 1.82) is 0 Å². The number of nitrogens with zero attached hydrogens (tertiary/aromatic N) is 3. The molecule has 0 saturated heterocycles. The number of rotatable bonds is 0. The van der Waals surface area contributed by atoms with Crippen LogP contribution >= 0.6 is 15.9 Å². The van der Waals surface area contributed by atoms with Crippen LogP contribution in [-0.4, -0.2) is 26.2 Å². The largest absolute Gasteiger partial charge is 0.443 e. The van der Waals surface area contributed by atoms with Crippen LogP contribution in [0.5, 0.6) is 0 Å². The smallest absolute Gasteiger partial charge is 0.420 e. The van der Waals surface area contributed by atoms with Gasteiger partial charge in [0, 0.05) is 10.7 Å². The van der Waals surface area contributed by atoms with Crippen molar-refractivity contribution in [2.75, 3.05) is 0 Å². The highest BCUT2D eigenvalue weighted by Gasteiger charge is 2.21. The number of aromatic nitrogens is 3. The number of pyridine rings is 1. The van der Waals surface area contributed by atoms with Gasteiger partial charge >= 0.3 is 6.09 Å². The van der Waals surface area contributed by atoms with Gasteiger partial charge in [-0.1, -0.05) is 0 Å². The average molecular weight is 312 g/mol. The van der Waals surface area contributed by atoms with Crippen molar-refractivity contribution in [3.8, 4) is 0 Å². The normalized spacial score (nSPS) is 11.8. The maximum atomic E-state index is 12.1. The molecule has 0 N–H and O–H groups in total. The molecule has 0 atom stereocenters. The highest BCUT2D eigenvalue weighted by Crippen LogP contribution is 2.23. The van der Waals surface area contributed by atoms with E-state index in [1.807, 2.05) is 27.7 Å². The molecule has 2 heterocycles. The van der Waals surface area contributed by atoms with E-state index >= 15 is 0 Å². The fraction of sp³-hybridized carbons (Fsp3) is 0.417. The first-order chi connectivity index (χ1) is 8.29. The third-order valence-electron chi connectivity index (χ3n) is 2.35. The van der Waals surface area contributed by atoms with Gasteiger partial charge in [-0.05, 0) is 49.2 Å². The molecule has 2 aromatic rings. The van der Waals surface area contributed by atoms with E-state index in [0.717, 1.165) is 10.0 Å². The number of carbonyl (C=O) groups excluding carboxylic acids is 1. The minimum absolute atomic E-state index is 0.451. The highest BCUT2D eigenvalue weighted by atomic mass is 79.9. The summed E-state index contributed by atoms with van der Waals surface area (Å²) in [5, 5.41) is 0. The van der Waals surface area contributed by atoms with E-state index in [9.17, 15) is 4.79 Å². The fourth-order valence-corrected chi connectivity index (χ4v) is 1.85. The summed E-state index contributed by atoms with van der Waals surface area (Å²) in [5.74, 6) is 0. The standard InChI is InChI=1S/C12H14BrN3O2/c1-7-8(13)5-14-10-9(7)16(6-15-10)11(17)18-12(2,3)4/h5-6H,1-4H3. The van der Waals surface area contributed by atoms with Crippen LogP contribution in [0.2, 0.25) is 0 Å². The number of halogens is 1. The lowest BCUT2D eigenvalue weighted by molar-refractivity contribution is 0.0543. The van der Waals surface area contributed by atoms with Crippen LogP contribution in [0, 0.1) is 6.92 Å². The molecule has 2 aromatic heterocycles. The topological polar surface area (TPSA) is 57.0 Å². The van der Waals surface area contributed by atoms with E-state index in [-0.39, 0.29) is 0 Å². The van der Waals surface area contributed by atoms with Crippen LogP contribution in [-0.2, 0) is 4.74 Å². The summed E-state index contributed by atoms with van der Waals surface area (Å²) in [4.78, 5) is 20.3. The molecule has 0 spiro atoms. The molecule has 2 rings (SSSR count). The molecule has 18 heavy (non-hydrogen) atoms. The van der Waals surface area contributed by atoms with E-state index < -0.39 is 11.7 Å². The molecule has 0 fully saturated rings. The predicted octanol–water partition coefficient (Wildman–Crippen LogP) is 3.29. The zero-order valence-electron chi connectivity index (χ0n) is 10.7. The van der Waals surface area contributed by atoms with Crippen molar-refractivity contribution in [1.82, 2.24) is 14.5 Å². The zero-order chi connectivity index (χ0) is 13.5. The summed E-state index contributed by atoms with van der Waals surface area (Å²) < 4.78 is 7.54. The van der Waals surface area contributed by atoms with E-state index in [4.69, 9.17) is 4.74 Å². The quantitative estimate of drug-likeness (QED) is 0.749. The van der Waals surface area contributed by atoms with Crippen molar-refractivity contribution in [3.05, 3.63) is 22.6 Å². The molecule has 5 nitrogen and oxygen atoms in total. The second kappa shape index (κ2) is 4.35. The van der Waals surface area contributed by atoms with Crippen molar-refractivity contribution in [2.45, 2.75) is 33.3 Å². The summed E-state index contributed by atoms with van der Waals surface area (Å²) >= 11 is 3.39. The number of carbonyl (C=O) groups is 1. The van der Waals surface area contributed by atoms with Crippen LogP contribution in [0.25, 0.3) is 11.2 Å². The Morgan fingerprint density at radius 2 is 2.06 bits per heavy atom. The monoisotopic (exact) mass is 311 g/mol. The SMILES string of the molecule is Cc1c(Br)cnc2ncn(C(=O)OC(C)(C)C)c12. The van der Waals surface area contributed by atoms with E-state index in [1.54, 1.807) is 6.20 Å². The summed E-state index contributed by atoms with van der Waals surface area (Å²) in [5.41, 5.74) is 1.56. The van der Waals surface area contributed by atoms with Crippen LogP contribution < -0.4 is 0 Å². The molecular weight excluding hydrogens is 298 g/mol. The van der Waals surface area contributed by atoms with Gasteiger partial charge in [-0.2, -0.15) is 0 Å². The Kier molecular flexibility index (Phi) is 3.14. The maximum Gasteiger partial charge on any atom is 0.420 e. The van der Waals surface area contributed by atoms with Crippen molar-refractivity contribution in [2.24, 2.45) is 0 Å². The lowest BCUT2D eigenvalue weighted by Gasteiger charge is -2.19. The number of aryl methyl sites for hydroxylation is 1. The summed E-state index contributed by atoms with van der Waals surface area (Å²) in [7, 11) is 0. The van der Waals surface area contributed by atoms with Gasteiger partial charge in [0.25, 0.3) is 0 Å². The minimum Gasteiger partial charge on any atom is -0.443 e. The highest BCUT2D eigenvalue weighted by molar-refractivity contribution is 9.10. The Balaban J connectivity index is 2.52. The van der Waals surface area contributed by atoms with Crippen LogP contribution in [0.15, 0.2) is 17.0 Å². The van der Waals surface area contributed by atoms with Gasteiger partial charge in [0.1, 0.15) is 17.4 Å². The lowest BCUT2D eigenvalue weighted by atomic mass is 10.2. The predicted molar refractivity (Wildman–Crippen MR) is 71.6 cm³/mol. The molecule has 0 radical (unpaired) electrons. The van der Waals surface area contributed by atoms with Gasteiger partial charge in [-0.25, -0.2) is 19.3 Å². The molecule has 0 saturated carbocycles. The first kappa shape index (κ1) is 13.0. The third kappa shape index (κ3) is 2.38. The van der Waals surface area contributed by atoms with E-state index in [2.05, 4.69) is 25.9 Å². The number of ether oxygens (including phenoxy) is 1. The van der Waals surface area contributed by atoms with Gasteiger partial charge < -0.3 is 4.74 Å². The molecule has 0 aromatic carbocycles. The zero-order valence-corrected chi connectivity index (χ0v) is 12.3. The maximum absolute atomic E-state index is 12.1. The molecule has 0 bridgehead atoms. The molecular formula is C12H14BrN3O2. The summed E-state index contributed by atoms with van der Waals surface area (Å²) in [6.07, 6.45) is 2.66. The van der Waals surface area contributed by atoms with Gasteiger partial charge in [0.05, 0.1) is 0 Å². The third-order valence-corrected chi connectivity index (χ3v) is 3.15. The molecule has 0 unspecified atom stereocenters. The number of hydrogen-bond donors (Lipinski definition) is 0. The van der Waals surface area contributed by atoms with Crippen molar-refractivity contribution >= 4 is 33.2 Å². The summed E-state index contributed by atoms with van der Waals surface area (Å²) in [6.45, 7) is 7.37. The average Bonchev–Trinajstić information content (AvgIpc) is 2.65. The second-order valence-electron chi connectivity index (χ2n) is 5.00. The van der Waals surface area contributed by atoms with Crippen molar-refractivity contribution in [3.63, 3.8) is 0 Å². The minimum atomic E-state index is -0.541. The molecule has 0 aliphatic heterocycles. The Morgan fingerprint density at radius 3 is 2.67 bits per heavy atom. The Labute approximate surface area is 113 Å². The molecule has 0 aliphatic rings. The Bertz CT molecular complexity index is 614. The van der Waals surface area contributed by atoms with Crippen LogP contribution in [0.3, 0.4) is 0 Å². The molecule has 0 aliphatic carbocycles. The Morgan fingerprint density at radius 1 is 1.39 bits per heavy atom. The number of hydrogen-bond acceptors (Lipinski definition) is 4. The van der Waals surface area contributed by atoms with Gasteiger partial charge in [0.2, 0.25) is 0 Å². The van der Waals surface area contributed by atoms with Crippen molar-refractivity contribution < 1.29 is 9.53 Å². The number of fused-ring (bicyclic) bond motifs is 1. The van der Waals surface area contributed by atoms with E-state index in [0.29, 0.717) is 11.2 Å². The van der Waals surface area contributed by atoms with Gasteiger partial charge in [0.15, 0.2) is 5.65 Å². The molecule has 96 valence electrons. The number of imidazole rings is 1. The second-order valence-corrected chi connectivity index (χ2v) is 5.85. The van der Waals surface area contributed by atoms with E-state index in [1.165, 1.54) is 10.9 Å². The molecule has 0 amide bonds. The first-order valence-corrected chi connectivity index (χ1v) is 6.30. The van der Waals surface area contributed by atoms with Gasteiger partial charge in [-0.15, -0.1) is 0 Å². The Hall–Kier alpha value is -1.43. The first-order valence-electron chi connectivity index (χ1n) is 5.51. The molecule has 6 heteroatoms. The lowest BCUT2D eigenvalue weighted by Crippen LogP contribution is -2.26.